The highest BCUT2D eigenvalue weighted by atomic mass is 32.3. The molecule has 1 aliphatic heterocycles. The van der Waals surface area contributed by atoms with Gasteiger partial charge in [-0.2, -0.15) is 28.6 Å². The van der Waals surface area contributed by atoms with Gasteiger partial charge in [0.2, 0.25) is 5.91 Å². The predicted molar refractivity (Wildman–Crippen MR) is 119 cm³/mol. The number of carbonyl (C=O) groups is 1. The van der Waals surface area contributed by atoms with E-state index in [4.69, 9.17) is 0 Å². The molecule has 4 rings (SSSR count). The van der Waals surface area contributed by atoms with E-state index in [0.717, 1.165) is 28.5 Å². The van der Waals surface area contributed by atoms with Crippen LogP contribution in [0.5, 0.6) is 5.75 Å². The molecular formula is C20H24F3N3O6S2. The highest BCUT2D eigenvalue weighted by molar-refractivity contribution is 8.25. The summed E-state index contributed by atoms with van der Waals surface area (Å²) in [4.78, 5) is 12.9. The SMILES string of the molecule is CC1(NC(=O)C2CCc3c(-c4cc(OC(F)F)ccc4F)nn(S(C)(=O)=O)c3C2)CS(O)(O)C1. The van der Waals surface area contributed by atoms with Crippen molar-refractivity contribution >= 4 is 26.5 Å². The number of aromatic nitrogens is 2. The second-order valence-electron chi connectivity index (χ2n) is 8.98. The lowest BCUT2D eigenvalue weighted by Gasteiger charge is -2.54. The van der Waals surface area contributed by atoms with Gasteiger partial charge in [-0.15, -0.1) is 0 Å². The van der Waals surface area contributed by atoms with Crippen LogP contribution in [0.1, 0.15) is 24.6 Å². The molecular weight excluding hydrogens is 499 g/mol. The molecule has 1 aliphatic carbocycles. The van der Waals surface area contributed by atoms with Gasteiger partial charge in [-0.25, -0.2) is 12.8 Å². The van der Waals surface area contributed by atoms with E-state index in [0.29, 0.717) is 12.0 Å². The van der Waals surface area contributed by atoms with Crippen LogP contribution in [-0.2, 0) is 27.7 Å². The highest BCUT2D eigenvalue weighted by Gasteiger charge is 2.46. The van der Waals surface area contributed by atoms with E-state index in [9.17, 15) is 35.5 Å². The molecule has 1 aromatic carbocycles. The predicted octanol–water partition coefficient (Wildman–Crippen LogP) is 2.84. The third-order valence-electron chi connectivity index (χ3n) is 5.87. The molecule has 1 amide bonds. The Bertz CT molecular complexity index is 1240. The molecule has 9 nitrogen and oxygen atoms in total. The molecule has 1 aromatic heterocycles. The minimum absolute atomic E-state index is 0.00239. The van der Waals surface area contributed by atoms with Crippen LogP contribution in [0.25, 0.3) is 11.3 Å². The zero-order valence-corrected chi connectivity index (χ0v) is 19.9. The molecule has 1 saturated heterocycles. The Labute approximate surface area is 195 Å². The van der Waals surface area contributed by atoms with Crippen LogP contribution in [0.15, 0.2) is 18.2 Å². The van der Waals surface area contributed by atoms with Crippen LogP contribution >= 0.6 is 10.6 Å². The first-order chi connectivity index (χ1) is 15.7. The van der Waals surface area contributed by atoms with Crippen LogP contribution in [0.4, 0.5) is 13.2 Å². The first-order valence-corrected chi connectivity index (χ1v) is 14.0. The Kier molecular flexibility index (Phi) is 6.15. The fourth-order valence-electron chi connectivity index (χ4n) is 4.61. The van der Waals surface area contributed by atoms with E-state index >= 15 is 0 Å². The Balaban J connectivity index is 1.67. The molecule has 1 atom stereocenters. The van der Waals surface area contributed by atoms with Crippen LogP contribution in [0.3, 0.4) is 0 Å². The van der Waals surface area contributed by atoms with Crippen molar-refractivity contribution in [3.63, 3.8) is 0 Å². The number of fused-ring (bicyclic) bond motifs is 1. The maximum atomic E-state index is 14.6. The first kappa shape index (κ1) is 24.8. The molecule has 1 fully saturated rings. The average Bonchev–Trinajstić information content (AvgIpc) is 3.06. The molecule has 34 heavy (non-hydrogen) atoms. The van der Waals surface area contributed by atoms with Crippen molar-refractivity contribution in [1.82, 2.24) is 14.5 Å². The van der Waals surface area contributed by atoms with Crippen LogP contribution < -0.4 is 10.1 Å². The summed E-state index contributed by atoms with van der Waals surface area (Å²) < 4.78 is 89.1. The van der Waals surface area contributed by atoms with Crippen molar-refractivity contribution in [3.05, 3.63) is 35.3 Å². The summed E-state index contributed by atoms with van der Waals surface area (Å²) in [6.45, 7) is -1.42. The van der Waals surface area contributed by atoms with Crippen molar-refractivity contribution < 1.29 is 40.2 Å². The summed E-state index contributed by atoms with van der Waals surface area (Å²) >= 11 is 0. The number of alkyl halides is 2. The van der Waals surface area contributed by atoms with Crippen molar-refractivity contribution in [1.29, 1.82) is 0 Å². The van der Waals surface area contributed by atoms with Gasteiger partial charge in [0.1, 0.15) is 17.3 Å². The second kappa shape index (κ2) is 8.43. The summed E-state index contributed by atoms with van der Waals surface area (Å²) in [5.74, 6) is -1.97. The van der Waals surface area contributed by atoms with Gasteiger partial charge in [0.15, 0.2) is 0 Å². The minimum Gasteiger partial charge on any atom is -0.435 e. The molecule has 2 heterocycles. The number of benzene rings is 1. The standard InChI is InChI=1S/C20H24F3N3O6S2/c1-20(9-34(30,31)10-20)24-18(27)11-3-5-13-16(7-11)26(33(2,28)29)25-17(13)14-8-12(32-19(22)23)4-6-15(14)21/h4,6,8,11,19,30-31H,3,5,7,9-10H2,1-2H3,(H,24,27). The van der Waals surface area contributed by atoms with Gasteiger partial charge in [0, 0.05) is 23.5 Å². The summed E-state index contributed by atoms with van der Waals surface area (Å²) in [5.41, 5.74) is -0.339. The normalized spacial score (nSPS) is 21.9. The molecule has 0 bridgehead atoms. The third kappa shape index (κ3) is 4.90. The molecule has 3 N–H and O–H groups in total. The zero-order chi connectivity index (χ0) is 25.1. The van der Waals surface area contributed by atoms with Crippen molar-refractivity contribution in [3.8, 4) is 17.0 Å². The number of nitrogens with one attached hydrogen (secondary N) is 1. The lowest BCUT2D eigenvalue weighted by atomic mass is 9.85. The van der Waals surface area contributed by atoms with E-state index < -0.39 is 44.5 Å². The summed E-state index contributed by atoms with van der Waals surface area (Å²) in [7, 11) is -6.61. The summed E-state index contributed by atoms with van der Waals surface area (Å²) in [6, 6.07) is 2.99. The quantitative estimate of drug-likeness (QED) is 0.531. The average molecular weight is 524 g/mol. The summed E-state index contributed by atoms with van der Waals surface area (Å²) in [6.07, 6.45) is 1.43. The Morgan fingerprint density at radius 3 is 2.62 bits per heavy atom. The van der Waals surface area contributed by atoms with Gasteiger partial charge in [-0.1, -0.05) is 0 Å². The maximum Gasteiger partial charge on any atom is 0.387 e. The van der Waals surface area contributed by atoms with E-state index in [1.54, 1.807) is 6.92 Å². The van der Waals surface area contributed by atoms with E-state index in [1.807, 2.05) is 0 Å². The van der Waals surface area contributed by atoms with Crippen molar-refractivity contribution in [2.75, 3.05) is 17.8 Å². The molecule has 0 radical (unpaired) electrons. The largest absolute Gasteiger partial charge is 0.435 e. The number of nitrogens with zero attached hydrogens (tertiary/aromatic N) is 2. The molecule has 188 valence electrons. The van der Waals surface area contributed by atoms with E-state index in [1.165, 1.54) is 0 Å². The number of rotatable bonds is 6. The van der Waals surface area contributed by atoms with Crippen LogP contribution in [0.2, 0.25) is 0 Å². The van der Waals surface area contributed by atoms with E-state index in [-0.39, 0.29) is 53.0 Å². The zero-order valence-electron chi connectivity index (χ0n) is 18.3. The van der Waals surface area contributed by atoms with E-state index in [2.05, 4.69) is 15.2 Å². The van der Waals surface area contributed by atoms with Gasteiger partial charge >= 0.3 is 6.61 Å². The summed E-state index contributed by atoms with van der Waals surface area (Å²) in [5, 5.41) is 6.90. The Morgan fingerprint density at radius 1 is 1.35 bits per heavy atom. The van der Waals surface area contributed by atoms with Gasteiger partial charge in [0.05, 0.1) is 29.0 Å². The van der Waals surface area contributed by atoms with Gasteiger partial charge in [0.25, 0.3) is 10.0 Å². The van der Waals surface area contributed by atoms with Crippen molar-refractivity contribution in [2.24, 2.45) is 5.92 Å². The third-order valence-corrected chi connectivity index (χ3v) is 9.00. The molecule has 14 heteroatoms. The number of halogens is 3. The smallest absolute Gasteiger partial charge is 0.387 e. The number of ether oxygens (including phenoxy) is 1. The molecule has 2 aliphatic rings. The van der Waals surface area contributed by atoms with Gasteiger partial charge < -0.3 is 10.1 Å². The van der Waals surface area contributed by atoms with Crippen molar-refractivity contribution in [2.45, 2.75) is 38.3 Å². The fraction of sp³-hybridized carbons (Fsp3) is 0.500. The number of hydrogen-bond donors (Lipinski definition) is 3. The molecule has 0 saturated carbocycles. The number of amides is 1. The van der Waals surface area contributed by atoms with Gasteiger partial charge in [-0.05, 0) is 38.0 Å². The van der Waals surface area contributed by atoms with Crippen LogP contribution in [0, 0.1) is 11.7 Å². The highest BCUT2D eigenvalue weighted by Crippen LogP contribution is 2.54. The molecule has 2 aromatic rings. The fourth-order valence-corrected chi connectivity index (χ4v) is 7.52. The minimum atomic E-state index is -3.93. The monoisotopic (exact) mass is 523 g/mol. The Hall–Kier alpha value is -2.29. The lowest BCUT2D eigenvalue weighted by molar-refractivity contribution is -0.126. The second-order valence-corrected chi connectivity index (χ2v) is 13.0. The maximum absolute atomic E-state index is 14.6. The first-order valence-electron chi connectivity index (χ1n) is 10.3. The molecule has 0 spiro atoms. The number of carbonyl (C=O) groups excluding carboxylic acids is 1. The van der Waals surface area contributed by atoms with Gasteiger partial charge in [-0.3, -0.25) is 13.9 Å². The van der Waals surface area contributed by atoms with Crippen LogP contribution in [-0.4, -0.2) is 62.5 Å². The number of hydrogen-bond acceptors (Lipinski definition) is 7. The topological polar surface area (TPSA) is 131 Å². The lowest BCUT2D eigenvalue weighted by Crippen LogP contribution is -2.62. The Morgan fingerprint density at radius 2 is 2.03 bits per heavy atom. The molecule has 1 unspecified atom stereocenters.